The molecule has 72 valence electrons. The van der Waals surface area contributed by atoms with Gasteiger partial charge in [0.1, 0.15) is 0 Å². The number of aryl methyl sites for hydroxylation is 1. The number of hydrogen-bond donors (Lipinski definition) is 0. The molecule has 0 amide bonds. The van der Waals surface area contributed by atoms with Gasteiger partial charge in [-0.05, 0) is 31.4 Å². The first-order valence-electron chi connectivity index (χ1n) is 4.76. The molecule has 4 heteroatoms. The molecule has 0 saturated heterocycles. The fourth-order valence-electron chi connectivity index (χ4n) is 1.60. The van der Waals surface area contributed by atoms with Crippen molar-refractivity contribution in [3.8, 4) is 0 Å². The third-order valence-corrected chi connectivity index (χ3v) is 2.48. The number of nitrogens with zero attached hydrogens (tertiary/aromatic N) is 3. The smallest absolute Gasteiger partial charge is 0.191 e. The highest BCUT2D eigenvalue weighted by atomic mass is 19.1. The molecule has 0 bridgehead atoms. The van der Waals surface area contributed by atoms with Crippen LogP contribution >= 0.6 is 0 Å². The average Bonchev–Trinajstić information content (AvgIpc) is 2.87. The lowest BCUT2D eigenvalue weighted by Gasteiger charge is -1.94. The fraction of sp³-hybridized carbons (Fsp3) is 0.400. The van der Waals surface area contributed by atoms with Crippen LogP contribution in [0.5, 0.6) is 0 Å². The SMILES string of the molecule is Cc1cc(F)c2nc(C3CC3)nn2c1. The molecule has 0 N–H and O–H groups in total. The third kappa shape index (κ3) is 1.10. The molecule has 14 heavy (non-hydrogen) atoms. The van der Waals surface area contributed by atoms with Crippen LogP contribution < -0.4 is 0 Å². The molecule has 3 nitrogen and oxygen atoms in total. The van der Waals surface area contributed by atoms with Crippen molar-refractivity contribution in [2.24, 2.45) is 0 Å². The number of halogens is 1. The Kier molecular flexibility index (Phi) is 1.43. The second-order valence-corrected chi connectivity index (χ2v) is 3.88. The van der Waals surface area contributed by atoms with Crippen molar-refractivity contribution >= 4 is 5.65 Å². The summed E-state index contributed by atoms with van der Waals surface area (Å²) >= 11 is 0. The molecule has 1 aliphatic carbocycles. The average molecular weight is 191 g/mol. The van der Waals surface area contributed by atoms with Gasteiger partial charge in [0.15, 0.2) is 17.3 Å². The van der Waals surface area contributed by atoms with Gasteiger partial charge in [-0.3, -0.25) is 0 Å². The number of pyridine rings is 1. The van der Waals surface area contributed by atoms with Gasteiger partial charge < -0.3 is 0 Å². The van der Waals surface area contributed by atoms with E-state index in [2.05, 4.69) is 10.1 Å². The Balaban J connectivity index is 2.26. The van der Waals surface area contributed by atoms with Crippen molar-refractivity contribution in [1.82, 2.24) is 14.6 Å². The lowest BCUT2D eigenvalue weighted by atomic mass is 10.3. The third-order valence-electron chi connectivity index (χ3n) is 2.48. The van der Waals surface area contributed by atoms with E-state index in [9.17, 15) is 4.39 Å². The molecule has 0 aromatic carbocycles. The highest BCUT2D eigenvalue weighted by molar-refractivity contribution is 5.41. The van der Waals surface area contributed by atoms with Crippen LogP contribution in [-0.4, -0.2) is 14.6 Å². The fourth-order valence-corrected chi connectivity index (χ4v) is 1.60. The van der Waals surface area contributed by atoms with Gasteiger partial charge >= 0.3 is 0 Å². The molecule has 0 aliphatic heterocycles. The Morgan fingerprint density at radius 1 is 1.50 bits per heavy atom. The van der Waals surface area contributed by atoms with E-state index in [4.69, 9.17) is 0 Å². The first-order valence-corrected chi connectivity index (χ1v) is 4.76. The summed E-state index contributed by atoms with van der Waals surface area (Å²) in [5.41, 5.74) is 1.21. The zero-order valence-electron chi connectivity index (χ0n) is 7.87. The molecule has 3 rings (SSSR count). The summed E-state index contributed by atoms with van der Waals surface area (Å²) in [7, 11) is 0. The van der Waals surface area contributed by atoms with Crippen LogP contribution in [0.1, 0.15) is 30.1 Å². The predicted molar refractivity (Wildman–Crippen MR) is 49.7 cm³/mol. The molecular weight excluding hydrogens is 181 g/mol. The first kappa shape index (κ1) is 7.91. The van der Waals surface area contributed by atoms with Gasteiger partial charge in [0, 0.05) is 12.1 Å². The Morgan fingerprint density at radius 3 is 3.00 bits per heavy atom. The van der Waals surface area contributed by atoms with E-state index >= 15 is 0 Å². The first-order chi connectivity index (χ1) is 6.74. The Bertz CT molecular complexity index is 499. The summed E-state index contributed by atoms with van der Waals surface area (Å²) in [4.78, 5) is 4.19. The second-order valence-electron chi connectivity index (χ2n) is 3.88. The maximum Gasteiger partial charge on any atom is 0.191 e. The summed E-state index contributed by atoms with van der Waals surface area (Å²) < 4.78 is 15.0. The van der Waals surface area contributed by atoms with Gasteiger partial charge in [-0.2, -0.15) is 5.10 Å². The molecule has 2 aromatic rings. The molecule has 0 spiro atoms. The molecular formula is C10H10FN3. The van der Waals surface area contributed by atoms with Crippen molar-refractivity contribution in [3.63, 3.8) is 0 Å². The van der Waals surface area contributed by atoms with Crippen LogP contribution in [0.15, 0.2) is 12.3 Å². The van der Waals surface area contributed by atoms with Gasteiger partial charge in [-0.25, -0.2) is 13.9 Å². The Hall–Kier alpha value is -1.45. The predicted octanol–water partition coefficient (Wildman–Crippen LogP) is 2.05. The van der Waals surface area contributed by atoms with E-state index in [1.54, 1.807) is 10.7 Å². The number of fused-ring (bicyclic) bond motifs is 1. The number of aromatic nitrogens is 3. The Morgan fingerprint density at radius 2 is 2.29 bits per heavy atom. The number of rotatable bonds is 1. The van der Waals surface area contributed by atoms with Crippen molar-refractivity contribution in [1.29, 1.82) is 0 Å². The van der Waals surface area contributed by atoms with Crippen LogP contribution in [0.25, 0.3) is 5.65 Å². The van der Waals surface area contributed by atoms with Gasteiger partial charge in [-0.1, -0.05) is 0 Å². The zero-order valence-corrected chi connectivity index (χ0v) is 7.87. The minimum Gasteiger partial charge on any atom is -0.218 e. The minimum atomic E-state index is -0.288. The van der Waals surface area contributed by atoms with Crippen LogP contribution in [0.3, 0.4) is 0 Å². The van der Waals surface area contributed by atoms with Crippen LogP contribution in [0, 0.1) is 12.7 Å². The summed E-state index contributed by atoms with van der Waals surface area (Å²) in [6.45, 7) is 1.85. The van der Waals surface area contributed by atoms with Gasteiger partial charge in [0.05, 0.1) is 0 Å². The van der Waals surface area contributed by atoms with Crippen LogP contribution in [-0.2, 0) is 0 Å². The van der Waals surface area contributed by atoms with Gasteiger partial charge in [-0.15, -0.1) is 0 Å². The molecule has 1 saturated carbocycles. The van der Waals surface area contributed by atoms with Gasteiger partial charge in [0.25, 0.3) is 0 Å². The maximum atomic E-state index is 13.4. The summed E-state index contributed by atoms with van der Waals surface area (Å²) in [5, 5.41) is 4.26. The standard InChI is InChI=1S/C10H10FN3/c1-6-4-8(11)10-12-9(7-2-3-7)13-14(10)5-6/h4-5,7H,2-3H2,1H3. The molecule has 2 aromatic heterocycles. The van der Waals surface area contributed by atoms with E-state index in [0.717, 1.165) is 24.2 Å². The van der Waals surface area contributed by atoms with E-state index in [1.165, 1.54) is 6.07 Å². The lowest BCUT2D eigenvalue weighted by molar-refractivity contribution is 0.626. The molecule has 0 radical (unpaired) electrons. The van der Waals surface area contributed by atoms with Gasteiger partial charge in [0.2, 0.25) is 0 Å². The summed E-state index contributed by atoms with van der Waals surface area (Å²) in [6.07, 6.45) is 4.08. The molecule has 0 atom stereocenters. The Labute approximate surface area is 80.6 Å². The van der Waals surface area contributed by atoms with Crippen molar-refractivity contribution < 1.29 is 4.39 Å². The highest BCUT2D eigenvalue weighted by Crippen LogP contribution is 2.38. The lowest BCUT2D eigenvalue weighted by Crippen LogP contribution is -1.92. The van der Waals surface area contributed by atoms with E-state index < -0.39 is 0 Å². The van der Waals surface area contributed by atoms with Crippen molar-refractivity contribution in [2.45, 2.75) is 25.7 Å². The maximum absolute atomic E-state index is 13.4. The number of hydrogen-bond acceptors (Lipinski definition) is 2. The van der Waals surface area contributed by atoms with Crippen molar-refractivity contribution in [2.75, 3.05) is 0 Å². The molecule has 0 unspecified atom stereocenters. The van der Waals surface area contributed by atoms with Crippen LogP contribution in [0.4, 0.5) is 4.39 Å². The summed E-state index contributed by atoms with van der Waals surface area (Å²) in [5.74, 6) is 0.966. The minimum absolute atomic E-state index is 0.288. The van der Waals surface area contributed by atoms with Crippen molar-refractivity contribution in [3.05, 3.63) is 29.5 Å². The summed E-state index contributed by atoms with van der Waals surface area (Å²) in [6, 6.07) is 1.49. The second kappa shape index (κ2) is 2.53. The van der Waals surface area contributed by atoms with E-state index in [1.807, 2.05) is 6.92 Å². The molecule has 1 fully saturated rings. The van der Waals surface area contributed by atoms with E-state index in [-0.39, 0.29) is 5.82 Å². The largest absolute Gasteiger partial charge is 0.218 e. The topological polar surface area (TPSA) is 30.2 Å². The normalized spacial score (nSPS) is 16.4. The quantitative estimate of drug-likeness (QED) is 0.690. The zero-order chi connectivity index (χ0) is 9.71. The molecule has 2 heterocycles. The van der Waals surface area contributed by atoms with E-state index in [0.29, 0.717) is 11.6 Å². The monoisotopic (exact) mass is 191 g/mol. The molecule has 1 aliphatic rings. The van der Waals surface area contributed by atoms with Crippen LogP contribution in [0.2, 0.25) is 0 Å². The highest BCUT2D eigenvalue weighted by Gasteiger charge is 2.28.